The van der Waals surface area contributed by atoms with Crippen LogP contribution in [0.2, 0.25) is 0 Å². The predicted octanol–water partition coefficient (Wildman–Crippen LogP) is 4.35. The highest BCUT2D eigenvalue weighted by Gasteiger charge is 2.44. The lowest BCUT2D eigenvalue weighted by Crippen LogP contribution is -2.48. The number of ketones is 1. The van der Waals surface area contributed by atoms with Crippen molar-refractivity contribution in [2.24, 2.45) is 5.92 Å². The number of likely N-dealkylation sites (tertiary alicyclic amines) is 1. The molecule has 1 aliphatic rings. The summed E-state index contributed by atoms with van der Waals surface area (Å²) in [6.45, 7) is 6.88. The van der Waals surface area contributed by atoms with E-state index < -0.39 is 12.1 Å². The average Bonchev–Trinajstić information content (AvgIpc) is 3.46. The molecule has 3 aromatic heterocycles. The molecule has 11 heteroatoms. The molecule has 1 N–H and O–H groups in total. The Balaban J connectivity index is 1.49. The van der Waals surface area contributed by atoms with Crippen LogP contribution >= 0.6 is 15.9 Å². The number of nitrogens with one attached hydrogen (secondary N) is 1. The highest BCUT2D eigenvalue weighted by molar-refractivity contribution is 9.10. The Morgan fingerprint density at radius 3 is 2.54 bits per heavy atom. The van der Waals surface area contributed by atoms with E-state index in [1.807, 2.05) is 32.9 Å². The zero-order chi connectivity index (χ0) is 29.4. The van der Waals surface area contributed by atoms with Crippen molar-refractivity contribution in [1.82, 2.24) is 29.6 Å². The number of carbonyl (C=O) groups excluding carboxylic acids is 3. The number of benzene rings is 1. The summed E-state index contributed by atoms with van der Waals surface area (Å²) >= 11 is 3.30. The number of fused-ring (bicyclic) bond motifs is 1. The molecular weight excluding hydrogens is 586 g/mol. The number of hydrogen-bond donors (Lipinski definition) is 1. The van der Waals surface area contributed by atoms with Crippen LogP contribution in [0.3, 0.4) is 0 Å². The van der Waals surface area contributed by atoms with Gasteiger partial charge in [-0.15, -0.1) is 6.42 Å². The van der Waals surface area contributed by atoms with E-state index in [2.05, 4.69) is 47.2 Å². The topological polar surface area (TPSA) is 123 Å². The minimum Gasteiger partial charge on any atom is -0.315 e. The average molecular weight is 615 g/mol. The van der Waals surface area contributed by atoms with Crippen LogP contribution in [0, 0.1) is 32.1 Å². The standard InChI is InChI=1S/C30H28BrN7O3/c1-6-23-16(2)11-24(30(41)35-26-9-7-8-25(31)34-26)38(23)27(40)15-37-29-17(3)10-20(21-13-32-19(5)33-14-21)12-22(29)28(36-37)18(4)39/h1,7-10,12-14,16,23-24H,11,15H2,2-5H3,(H,34,35,41)/t16-,23+,24-/m0/s1. The summed E-state index contributed by atoms with van der Waals surface area (Å²) < 4.78 is 2.10. The van der Waals surface area contributed by atoms with E-state index in [0.29, 0.717) is 33.6 Å². The highest BCUT2D eigenvalue weighted by atomic mass is 79.9. The Labute approximate surface area is 245 Å². The maximum Gasteiger partial charge on any atom is 0.248 e. The second kappa shape index (κ2) is 11.2. The molecule has 10 nitrogen and oxygen atoms in total. The van der Waals surface area contributed by atoms with Crippen molar-refractivity contribution in [1.29, 1.82) is 0 Å². The first-order valence-electron chi connectivity index (χ1n) is 13.1. The van der Waals surface area contributed by atoms with Crippen molar-refractivity contribution in [3.8, 4) is 23.5 Å². The first-order chi connectivity index (χ1) is 19.6. The molecule has 3 atom stereocenters. The van der Waals surface area contributed by atoms with E-state index in [1.165, 1.54) is 16.5 Å². The largest absolute Gasteiger partial charge is 0.315 e. The van der Waals surface area contributed by atoms with Crippen molar-refractivity contribution in [2.45, 2.75) is 52.7 Å². The lowest BCUT2D eigenvalue weighted by atomic mass is 10.0. The molecule has 1 aromatic carbocycles. The van der Waals surface area contributed by atoms with Gasteiger partial charge in [0.25, 0.3) is 0 Å². The van der Waals surface area contributed by atoms with Gasteiger partial charge in [-0.05, 0) is 77.5 Å². The van der Waals surface area contributed by atoms with Crippen LogP contribution in [0.5, 0.6) is 0 Å². The van der Waals surface area contributed by atoms with Crippen molar-refractivity contribution >= 4 is 50.2 Å². The van der Waals surface area contributed by atoms with Crippen molar-refractivity contribution < 1.29 is 14.4 Å². The fourth-order valence-corrected chi connectivity index (χ4v) is 5.72. The monoisotopic (exact) mass is 613 g/mol. The Morgan fingerprint density at radius 1 is 1.15 bits per heavy atom. The minimum absolute atomic E-state index is 0.0988. The minimum atomic E-state index is -0.789. The van der Waals surface area contributed by atoms with Crippen LogP contribution in [-0.4, -0.2) is 59.3 Å². The highest BCUT2D eigenvalue weighted by Crippen LogP contribution is 2.33. The Bertz CT molecular complexity index is 1720. The smallest absolute Gasteiger partial charge is 0.248 e. The lowest BCUT2D eigenvalue weighted by molar-refractivity contribution is -0.138. The molecule has 4 heterocycles. The number of nitrogens with zero attached hydrogens (tertiary/aromatic N) is 6. The fourth-order valence-electron chi connectivity index (χ4n) is 5.38. The van der Waals surface area contributed by atoms with Gasteiger partial charge >= 0.3 is 0 Å². The van der Waals surface area contributed by atoms with Crippen LogP contribution < -0.4 is 5.32 Å². The number of terminal acetylenes is 1. The van der Waals surface area contributed by atoms with Crippen LogP contribution in [0.1, 0.15) is 42.1 Å². The summed E-state index contributed by atoms with van der Waals surface area (Å²) in [4.78, 5) is 54.1. The first-order valence-corrected chi connectivity index (χ1v) is 13.9. The van der Waals surface area contributed by atoms with E-state index in [-0.39, 0.29) is 35.8 Å². The number of rotatable bonds is 6. The van der Waals surface area contributed by atoms with Crippen LogP contribution in [0.4, 0.5) is 5.82 Å². The van der Waals surface area contributed by atoms with E-state index in [0.717, 1.165) is 16.7 Å². The molecular formula is C30H28BrN7O3. The molecule has 208 valence electrons. The predicted molar refractivity (Wildman–Crippen MR) is 158 cm³/mol. The van der Waals surface area contributed by atoms with Gasteiger partial charge < -0.3 is 10.2 Å². The number of aromatic nitrogens is 5. The second-order valence-corrected chi connectivity index (χ2v) is 11.1. The Kier molecular flexibility index (Phi) is 7.69. The van der Waals surface area contributed by atoms with Crippen molar-refractivity contribution in [3.05, 3.63) is 64.4 Å². The van der Waals surface area contributed by atoms with Crippen LogP contribution in [0.25, 0.3) is 22.0 Å². The molecule has 0 bridgehead atoms. The van der Waals surface area contributed by atoms with Gasteiger partial charge in [0.15, 0.2) is 5.78 Å². The fraction of sp³-hybridized carbons (Fsp3) is 0.300. The zero-order valence-electron chi connectivity index (χ0n) is 23.1. The number of amides is 2. The summed E-state index contributed by atoms with van der Waals surface area (Å²) in [6.07, 6.45) is 9.71. The van der Waals surface area contributed by atoms with Crippen molar-refractivity contribution in [2.75, 3.05) is 5.32 Å². The Morgan fingerprint density at radius 2 is 1.88 bits per heavy atom. The van der Waals surface area contributed by atoms with Gasteiger partial charge in [0.05, 0.1) is 11.6 Å². The van der Waals surface area contributed by atoms with Crippen molar-refractivity contribution in [3.63, 3.8) is 0 Å². The summed E-state index contributed by atoms with van der Waals surface area (Å²) in [7, 11) is 0. The molecule has 0 aliphatic carbocycles. The molecule has 4 aromatic rings. The molecule has 1 fully saturated rings. The Hall–Kier alpha value is -4.43. The van der Waals surface area contributed by atoms with Gasteiger partial charge in [-0.25, -0.2) is 15.0 Å². The third-order valence-corrected chi connectivity index (χ3v) is 7.71. The summed E-state index contributed by atoms with van der Waals surface area (Å²) in [6, 6.07) is 7.63. The van der Waals surface area contributed by atoms with Gasteiger partial charge in [0, 0.05) is 30.3 Å². The third kappa shape index (κ3) is 5.47. The van der Waals surface area contributed by atoms with Gasteiger partial charge in [-0.3, -0.25) is 19.1 Å². The molecule has 5 rings (SSSR count). The van der Waals surface area contributed by atoms with E-state index in [1.54, 1.807) is 30.6 Å². The summed E-state index contributed by atoms with van der Waals surface area (Å²) in [5.41, 5.74) is 3.37. The quantitative estimate of drug-likeness (QED) is 0.195. The van der Waals surface area contributed by atoms with Gasteiger partial charge in [0.1, 0.15) is 34.5 Å². The normalized spacial score (nSPS) is 18.3. The number of anilines is 1. The van der Waals surface area contributed by atoms with Crippen LogP contribution in [-0.2, 0) is 16.1 Å². The third-order valence-electron chi connectivity index (χ3n) is 7.26. The van der Waals surface area contributed by atoms with Gasteiger partial charge in [-0.2, -0.15) is 5.10 Å². The molecule has 0 unspecified atom stereocenters. The molecule has 0 spiro atoms. The summed E-state index contributed by atoms with van der Waals surface area (Å²) in [5.74, 6) is 2.65. The second-order valence-electron chi connectivity index (χ2n) is 10.2. The molecule has 41 heavy (non-hydrogen) atoms. The number of hydrogen-bond acceptors (Lipinski definition) is 7. The van der Waals surface area contributed by atoms with E-state index in [9.17, 15) is 14.4 Å². The lowest BCUT2D eigenvalue weighted by Gasteiger charge is -2.28. The number of halogens is 1. The maximum absolute atomic E-state index is 13.9. The van der Waals surface area contributed by atoms with Gasteiger partial charge in [-0.1, -0.05) is 18.9 Å². The SMILES string of the molecule is C#C[C@@H]1[C@@H](C)C[C@@H](C(=O)Nc2cccc(Br)n2)N1C(=O)Cn1nc(C(C)=O)c2cc(-c3cnc(C)nc3)cc(C)c21. The van der Waals surface area contributed by atoms with Crippen LogP contribution in [0.15, 0.2) is 47.3 Å². The first kappa shape index (κ1) is 28.1. The van der Waals surface area contributed by atoms with E-state index >= 15 is 0 Å². The van der Waals surface area contributed by atoms with Gasteiger partial charge in [0.2, 0.25) is 11.8 Å². The molecule has 0 radical (unpaired) electrons. The molecule has 1 saturated heterocycles. The molecule has 2 amide bonds. The van der Waals surface area contributed by atoms with E-state index in [4.69, 9.17) is 6.42 Å². The number of aryl methyl sites for hydroxylation is 2. The number of Topliss-reactive ketones (excluding diaryl/α,β-unsaturated/α-hetero) is 1. The zero-order valence-corrected chi connectivity index (χ0v) is 24.6. The number of carbonyl (C=O) groups is 3. The molecule has 1 aliphatic heterocycles. The summed E-state index contributed by atoms with van der Waals surface area (Å²) in [5, 5.41) is 7.97. The number of pyridine rings is 1. The maximum atomic E-state index is 13.9. The molecule has 0 saturated carbocycles.